The quantitative estimate of drug-likeness (QED) is 0.346. The zero-order chi connectivity index (χ0) is 12.5. The van der Waals surface area contributed by atoms with Crippen LogP contribution in [-0.2, 0) is 18.9 Å². The lowest BCUT2D eigenvalue weighted by atomic mass is 10.2. The van der Waals surface area contributed by atoms with Crippen LogP contribution in [-0.4, -0.2) is 40.1 Å². The maximum Gasteiger partial charge on any atom is 0.466 e. The van der Waals surface area contributed by atoms with E-state index < -0.39 is 7.82 Å². The number of nitrogens with two attached hydrogens (primary N) is 1. The van der Waals surface area contributed by atoms with E-state index in [9.17, 15) is 9.59 Å². The second-order valence-electron chi connectivity index (χ2n) is 2.33. The molecule has 0 aliphatic rings. The van der Waals surface area contributed by atoms with Gasteiger partial charge in [0, 0.05) is 6.42 Å². The number of hydrogen-bond donors (Lipinski definition) is 4. The molecule has 0 rings (SSSR count). The zero-order valence-corrected chi connectivity index (χ0v) is 9.01. The van der Waals surface area contributed by atoms with Crippen LogP contribution < -0.4 is 5.73 Å². The summed E-state index contributed by atoms with van der Waals surface area (Å²) in [5.41, 5.74) is 5.00. The van der Waals surface area contributed by atoms with E-state index in [1.165, 1.54) is 7.11 Å². The molecular weight excluding hydrogens is 229 g/mol. The Labute approximate surface area is 86.3 Å². The Hall–Kier alpha value is -0.790. The van der Waals surface area contributed by atoms with Gasteiger partial charge in [-0.2, -0.15) is 0 Å². The molecule has 8 nitrogen and oxygen atoms in total. The van der Waals surface area contributed by atoms with Crippen LogP contribution in [0.3, 0.4) is 0 Å². The first kappa shape index (κ1) is 16.6. The van der Waals surface area contributed by atoms with Gasteiger partial charge in [0.25, 0.3) is 0 Å². The van der Waals surface area contributed by atoms with Gasteiger partial charge in [0.05, 0.1) is 20.1 Å². The summed E-state index contributed by atoms with van der Waals surface area (Å²) in [7, 11) is -3.35. The van der Waals surface area contributed by atoms with Crippen molar-refractivity contribution in [2.75, 3.05) is 13.7 Å². The Morgan fingerprint density at radius 3 is 1.93 bits per heavy atom. The summed E-state index contributed by atoms with van der Waals surface area (Å²) < 4.78 is 13.2. The lowest BCUT2D eigenvalue weighted by Gasteiger charge is -1.95. The first-order valence-electron chi connectivity index (χ1n) is 3.77. The van der Waals surface area contributed by atoms with Crippen LogP contribution in [0.25, 0.3) is 0 Å². The minimum atomic E-state index is -4.64. The van der Waals surface area contributed by atoms with E-state index in [1.807, 2.05) is 0 Å². The van der Waals surface area contributed by atoms with Crippen molar-refractivity contribution >= 4 is 19.6 Å². The molecule has 0 heterocycles. The molecule has 0 spiro atoms. The lowest BCUT2D eigenvalue weighted by molar-refractivity contribution is -0.141. The van der Waals surface area contributed by atoms with Gasteiger partial charge in [-0.3, -0.25) is 9.59 Å². The number of ketones is 1. The number of methoxy groups -OCH3 is 1. The number of carbonyl (C=O) groups excluding carboxylic acids is 2. The molecule has 0 aliphatic carbocycles. The molecule has 0 fully saturated rings. The van der Waals surface area contributed by atoms with Gasteiger partial charge in [0.2, 0.25) is 0 Å². The van der Waals surface area contributed by atoms with Gasteiger partial charge in [0.1, 0.15) is 5.78 Å². The molecule has 0 saturated carbocycles. The van der Waals surface area contributed by atoms with Crippen molar-refractivity contribution in [3.8, 4) is 0 Å². The number of carbonyl (C=O) groups is 2. The first-order chi connectivity index (χ1) is 6.70. The Balaban J connectivity index is 0. The van der Waals surface area contributed by atoms with Gasteiger partial charge in [-0.1, -0.05) is 0 Å². The molecule has 0 aromatic rings. The third-order valence-corrected chi connectivity index (χ3v) is 1.06. The van der Waals surface area contributed by atoms with Gasteiger partial charge in [-0.15, -0.1) is 0 Å². The maximum atomic E-state index is 10.5. The Kier molecular flexibility index (Phi) is 9.44. The molecule has 15 heavy (non-hydrogen) atoms. The average molecular weight is 243 g/mol. The van der Waals surface area contributed by atoms with Crippen LogP contribution in [0.1, 0.15) is 12.8 Å². The van der Waals surface area contributed by atoms with E-state index in [1.54, 1.807) is 0 Å². The van der Waals surface area contributed by atoms with Gasteiger partial charge < -0.3 is 25.2 Å². The molecular formula is C6H14NO7P. The zero-order valence-electron chi connectivity index (χ0n) is 8.12. The molecule has 0 aromatic heterocycles. The molecule has 0 aliphatic heterocycles. The molecule has 0 unspecified atom stereocenters. The average Bonchev–Trinajstić information content (AvgIpc) is 2.10. The summed E-state index contributed by atoms with van der Waals surface area (Å²) in [4.78, 5) is 42.5. The largest absolute Gasteiger partial charge is 0.469 e. The minimum absolute atomic E-state index is 0.00298. The van der Waals surface area contributed by atoms with E-state index in [0.717, 1.165) is 0 Å². The fraction of sp³-hybridized carbons (Fsp3) is 0.667. The van der Waals surface area contributed by atoms with Crippen LogP contribution in [0.15, 0.2) is 0 Å². The topological polar surface area (TPSA) is 147 Å². The molecule has 90 valence electrons. The molecule has 0 atom stereocenters. The summed E-state index contributed by atoms with van der Waals surface area (Å²) >= 11 is 0. The smallest absolute Gasteiger partial charge is 0.466 e. The van der Waals surface area contributed by atoms with Gasteiger partial charge in [-0.05, 0) is 0 Å². The SMILES string of the molecule is COC(=O)CCC(=O)CN.O=P(O)(O)O. The normalized spacial score (nSPS) is 9.93. The highest BCUT2D eigenvalue weighted by atomic mass is 31.2. The summed E-state index contributed by atoms with van der Waals surface area (Å²) in [5, 5.41) is 0. The van der Waals surface area contributed by atoms with E-state index >= 15 is 0 Å². The predicted molar refractivity (Wildman–Crippen MR) is 49.6 cm³/mol. The molecule has 9 heteroatoms. The number of Topliss-reactive ketones (excluding diaryl/α,β-unsaturated/α-hetero) is 1. The van der Waals surface area contributed by atoms with Crippen LogP contribution in [0.4, 0.5) is 0 Å². The minimum Gasteiger partial charge on any atom is -0.469 e. The summed E-state index contributed by atoms with van der Waals surface area (Å²) in [6.07, 6.45) is 0.315. The van der Waals surface area contributed by atoms with Crippen molar-refractivity contribution in [2.45, 2.75) is 12.8 Å². The van der Waals surface area contributed by atoms with Crippen molar-refractivity contribution in [3.05, 3.63) is 0 Å². The molecule has 5 N–H and O–H groups in total. The number of phosphoric acid groups is 1. The lowest BCUT2D eigenvalue weighted by Crippen LogP contribution is -2.14. The van der Waals surface area contributed by atoms with Crippen LogP contribution in [0.5, 0.6) is 0 Å². The highest BCUT2D eigenvalue weighted by Crippen LogP contribution is 2.25. The number of esters is 1. The van der Waals surface area contributed by atoms with Crippen molar-refractivity contribution in [1.82, 2.24) is 0 Å². The van der Waals surface area contributed by atoms with E-state index in [2.05, 4.69) is 4.74 Å². The van der Waals surface area contributed by atoms with Gasteiger partial charge in [-0.25, -0.2) is 4.57 Å². The van der Waals surface area contributed by atoms with Crippen molar-refractivity contribution in [3.63, 3.8) is 0 Å². The molecule has 0 amide bonds. The number of rotatable bonds is 4. The first-order valence-corrected chi connectivity index (χ1v) is 5.34. The molecule has 0 radical (unpaired) electrons. The Bertz CT molecular complexity index is 224. The highest BCUT2D eigenvalue weighted by Gasteiger charge is 2.03. The van der Waals surface area contributed by atoms with E-state index in [0.29, 0.717) is 0 Å². The second kappa shape index (κ2) is 8.51. The van der Waals surface area contributed by atoms with E-state index in [4.69, 9.17) is 25.0 Å². The Morgan fingerprint density at radius 1 is 1.27 bits per heavy atom. The van der Waals surface area contributed by atoms with Gasteiger partial charge in [0.15, 0.2) is 0 Å². The van der Waals surface area contributed by atoms with Crippen molar-refractivity contribution < 1.29 is 33.6 Å². The summed E-state index contributed by atoms with van der Waals surface area (Å²) in [6, 6.07) is 0. The standard InChI is InChI=1S/C6H11NO3.H3O4P/c1-10-6(9)3-2-5(8)4-7;1-5(2,3)4/h2-4,7H2,1H3;(H3,1,2,3,4). The van der Waals surface area contributed by atoms with Crippen LogP contribution in [0.2, 0.25) is 0 Å². The van der Waals surface area contributed by atoms with Crippen molar-refractivity contribution in [2.24, 2.45) is 5.73 Å². The summed E-state index contributed by atoms with van der Waals surface area (Å²) in [6.45, 7) is -0.00298. The third-order valence-electron chi connectivity index (χ3n) is 1.06. The fourth-order valence-electron chi connectivity index (χ4n) is 0.446. The third kappa shape index (κ3) is 24.6. The monoisotopic (exact) mass is 243 g/mol. The molecule has 0 saturated heterocycles. The predicted octanol–water partition coefficient (Wildman–Crippen LogP) is -1.46. The van der Waals surface area contributed by atoms with Crippen LogP contribution in [0, 0.1) is 0 Å². The maximum absolute atomic E-state index is 10.5. The fourth-order valence-corrected chi connectivity index (χ4v) is 0.446. The second-order valence-corrected chi connectivity index (χ2v) is 3.36. The van der Waals surface area contributed by atoms with E-state index in [-0.39, 0.29) is 31.1 Å². The highest BCUT2D eigenvalue weighted by molar-refractivity contribution is 7.45. The molecule has 0 aromatic carbocycles. The Morgan fingerprint density at radius 2 is 1.67 bits per heavy atom. The molecule has 0 bridgehead atoms. The number of hydrogen-bond acceptors (Lipinski definition) is 5. The van der Waals surface area contributed by atoms with Crippen LogP contribution >= 0.6 is 7.82 Å². The summed E-state index contributed by atoms with van der Waals surface area (Å²) in [5.74, 6) is -0.493. The number of ether oxygens (including phenoxy) is 1. The van der Waals surface area contributed by atoms with Crippen molar-refractivity contribution in [1.29, 1.82) is 0 Å². The van der Waals surface area contributed by atoms with Gasteiger partial charge >= 0.3 is 13.8 Å².